The molecule has 1 N–H and O–H groups in total. The van der Waals surface area contributed by atoms with E-state index in [1.54, 1.807) is 45.2 Å². The van der Waals surface area contributed by atoms with Gasteiger partial charge in [-0.15, -0.1) is 0 Å². The quantitative estimate of drug-likeness (QED) is 0.539. The van der Waals surface area contributed by atoms with Crippen molar-refractivity contribution in [2.45, 2.75) is 39.8 Å². The lowest BCUT2D eigenvalue weighted by Gasteiger charge is -2.32. The topological polar surface area (TPSA) is 96.0 Å². The fourth-order valence-electron chi connectivity index (χ4n) is 3.48. The summed E-state index contributed by atoms with van der Waals surface area (Å²) in [5, 5.41) is 2.73. The standard InChI is InChI=1S/C24H33N3O5S/c1-6-20-10-8-9-11-22(20)27(33(5,30)31)17-23(28)26(18(3)24(29)25-7-2)16-19-12-14-21(32-4)15-13-19/h8-15,18H,6-7,16-17H2,1-5H3,(H,25,29). The monoisotopic (exact) mass is 475 g/mol. The van der Waals surface area contributed by atoms with Crippen molar-refractivity contribution in [3.63, 3.8) is 0 Å². The minimum atomic E-state index is -3.75. The molecule has 0 aliphatic rings. The predicted octanol–water partition coefficient (Wildman–Crippen LogP) is 2.58. The highest BCUT2D eigenvalue weighted by Crippen LogP contribution is 2.24. The molecule has 0 saturated heterocycles. The molecule has 1 atom stereocenters. The average Bonchev–Trinajstić information content (AvgIpc) is 2.80. The number of hydrogen-bond donors (Lipinski definition) is 1. The maximum atomic E-state index is 13.5. The third kappa shape index (κ3) is 6.95. The number of rotatable bonds is 11. The molecule has 2 amide bonds. The van der Waals surface area contributed by atoms with Crippen molar-refractivity contribution in [2.75, 3.05) is 30.8 Å². The third-order valence-electron chi connectivity index (χ3n) is 5.35. The molecular formula is C24H33N3O5S. The summed E-state index contributed by atoms with van der Waals surface area (Å²) in [5.74, 6) is -0.104. The first-order chi connectivity index (χ1) is 15.6. The van der Waals surface area contributed by atoms with E-state index in [1.165, 1.54) is 4.90 Å². The maximum Gasteiger partial charge on any atom is 0.244 e. The summed E-state index contributed by atoms with van der Waals surface area (Å²) in [5.41, 5.74) is 2.07. The number of anilines is 1. The molecule has 0 spiro atoms. The largest absolute Gasteiger partial charge is 0.497 e. The van der Waals surface area contributed by atoms with E-state index in [1.807, 2.05) is 31.2 Å². The molecule has 0 fully saturated rings. The number of likely N-dealkylation sites (N-methyl/N-ethyl adjacent to an activating group) is 1. The van der Waals surface area contributed by atoms with Crippen LogP contribution in [0, 0.1) is 0 Å². The van der Waals surface area contributed by atoms with Gasteiger partial charge in [-0.1, -0.05) is 37.3 Å². The summed E-state index contributed by atoms with van der Waals surface area (Å²) < 4.78 is 31.6. The molecule has 8 nitrogen and oxygen atoms in total. The second-order valence-electron chi connectivity index (χ2n) is 7.69. The number of para-hydroxylation sites is 1. The first kappa shape index (κ1) is 26.2. The number of amides is 2. The van der Waals surface area contributed by atoms with Crippen LogP contribution in [0.3, 0.4) is 0 Å². The minimum absolute atomic E-state index is 0.147. The number of nitrogens with one attached hydrogen (secondary N) is 1. The van der Waals surface area contributed by atoms with Crippen LogP contribution in [0.25, 0.3) is 0 Å². The van der Waals surface area contributed by atoms with Crippen LogP contribution >= 0.6 is 0 Å². The Bertz CT molecular complexity index is 1050. The lowest BCUT2D eigenvalue weighted by atomic mass is 10.1. The molecule has 2 aromatic carbocycles. The zero-order valence-corrected chi connectivity index (χ0v) is 20.7. The van der Waals surface area contributed by atoms with Gasteiger partial charge in [-0.2, -0.15) is 0 Å². The Morgan fingerprint density at radius 1 is 1.06 bits per heavy atom. The Kier molecular flexibility index (Phi) is 9.28. The van der Waals surface area contributed by atoms with E-state index in [9.17, 15) is 18.0 Å². The molecule has 0 saturated carbocycles. The van der Waals surface area contributed by atoms with Gasteiger partial charge in [0, 0.05) is 13.1 Å². The lowest BCUT2D eigenvalue weighted by molar-refractivity contribution is -0.139. The van der Waals surface area contributed by atoms with Crippen molar-refractivity contribution < 1.29 is 22.7 Å². The van der Waals surface area contributed by atoms with Crippen LogP contribution in [-0.2, 0) is 32.6 Å². The molecule has 180 valence electrons. The molecule has 2 rings (SSSR count). The number of benzene rings is 2. The zero-order valence-electron chi connectivity index (χ0n) is 19.9. The first-order valence-corrected chi connectivity index (χ1v) is 12.7. The predicted molar refractivity (Wildman–Crippen MR) is 130 cm³/mol. The molecule has 0 bridgehead atoms. The Morgan fingerprint density at radius 2 is 1.70 bits per heavy atom. The fraction of sp³-hybridized carbons (Fsp3) is 0.417. The number of ether oxygens (including phenoxy) is 1. The number of aryl methyl sites for hydroxylation is 1. The maximum absolute atomic E-state index is 13.5. The van der Waals surface area contributed by atoms with Crippen LogP contribution in [0.15, 0.2) is 48.5 Å². The Balaban J connectivity index is 2.40. The number of nitrogens with zero attached hydrogens (tertiary/aromatic N) is 2. The summed E-state index contributed by atoms with van der Waals surface area (Å²) >= 11 is 0. The van der Waals surface area contributed by atoms with Crippen molar-refractivity contribution in [1.82, 2.24) is 10.2 Å². The van der Waals surface area contributed by atoms with Gasteiger partial charge in [0.1, 0.15) is 18.3 Å². The van der Waals surface area contributed by atoms with Crippen LogP contribution in [0.1, 0.15) is 31.9 Å². The molecule has 0 aliphatic heterocycles. The smallest absolute Gasteiger partial charge is 0.244 e. The highest BCUT2D eigenvalue weighted by molar-refractivity contribution is 7.92. The van der Waals surface area contributed by atoms with Gasteiger partial charge in [-0.3, -0.25) is 13.9 Å². The van der Waals surface area contributed by atoms with Gasteiger partial charge >= 0.3 is 0 Å². The van der Waals surface area contributed by atoms with Gasteiger partial charge in [0.15, 0.2) is 0 Å². The van der Waals surface area contributed by atoms with Gasteiger partial charge in [0.25, 0.3) is 0 Å². The van der Waals surface area contributed by atoms with E-state index < -0.39 is 28.5 Å². The van der Waals surface area contributed by atoms with Crippen molar-refractivity contribution in [3.8, 4) is 5.75 Å². The molecule has 9 heteroatoms. The van der Waals surface area contributed by atoms with E-state index in [0.29, 0.717) is 24.4 Å². The average molecular weight is 476 g/mol. The molecule has 0 aliphatic carbocycles. The van der Waals surface area contributed by atoms with Crippen LogP contribution in [0.2, 0.25) is 0 Å². The van der Waals surface area contributed by atoms with Crippen LogP contribution in [0.4, 0.5) is 5.69 Å². The van der Waals surface area contributed by atoms with E-state index in [4.69, 9.17) is 4.74 Å². The Morgan fingerprint density at radius 3 is 2.24 bits per heavy atom. The molecular weight excluding hydrogens is 442 g/mol. The zero-order chi connectivity index (χ0) is 24.6. The summed E-state index contributed by atoms with van der Waals surface area (Å²) in [6.45, 7) is 5.52. The summed E-state index contributed by atoms with van der Waals surface area (Å²) in [6, 6.07) is 13.5. The number of sulfonamides is 1. The third-order valence-corrected chi connectivity index (χ3v) is 6.48. The number of hydrogen-bond acceptors (Lipinski definition) is 5. The van der Waals surface area contributed by atoms with Crippen LogP contribution < -0.4 is 14.4 Å². The highest BCUT2D eigenvalue weighted by Gasteiger charge is 2.30. The van der Waals surface area contributed by atoms with Crippen LogP contribution in [-0.4, -0.2) is 57.6 Å². The van der Waals surface area contributed by atoms with E-state index >= 15 is 0 Å². The van der Waals surface area contributed by atoms with E-state index in [2.05, 4.69) is 5.32 Å². The molecule has 0 heterocycles. The summed E-state index contributed by atoms with van der Waals surface area (Å²) in [4.78, 5) is 27.4. The van der Waals surface area contributed by atoms with E-state index in [-0.39, 0.29) is 12.5 Å². The van der Waals surface area contributed by atoms with Crippen molar-refractivity contribution >= 4 is 27.5 Å². The lowest BCUT2D eigenvalue weighted by Crippen LogP contribution is -2.51. The Hall–Kier alpha value is -3.07. The normalized spacial score (nSPS) is 12.0. The number of carbonyl (C=O) groups excluding carboxylic acids is 2. The van der Waals surface area contributed by atoms with Gasteiger partial charge in [0.05, 0.1) is 19.1 Å². The summed E-state index contributed by atoms with van der Waals surface area (Å²) in [7, 11) is -2.18. The van der Waals surface area contributed by atoms with Gasteiger partial charge in [-0.05, 0) is 49.6 Å². The SMILES string of the molecule is CCNC(=O)C(C)N(Cc1ccc(OC)cc1)C(=O)CN(c1ccccc1CC)S(C)(=O)=O. The Labute approximate surface area is 196 Å². The highest BCUT2D eigenvalue weighted by atomic mass is 32.2. The van der Waals surface area contributed by atoms with Gasteiger partial charge < -0.3 is 15.0 Å². The van der Waals surface area contributed by atoms with Crippen molar-refractivity contribution in [1.29, 1.82) is 0 Å². The van der Waals surface area contributed by atoms with Crippen molar-refractivity contribution in [3.05, 3.63) is 59.7 Å². The fourth-order valence-corrected chi connectivity index (χ4v) is 4.36. The molecule has 0 radical (unpaired) electrons. The molecule has 2 aromatic rings. The minimum Gasteiger partial charge on any atom is -0.497 e. The van der Waals surface area contributed by atoms with Gasteiger partial charge in [-0.25, -0.2) is 8.42 Å². The summed E-state index contributed by atoms with van der Waals surface area (Å²) in [6.07, 6.45) is 1.69. The molecule has 33 heavy (non-hydrogen) atoms. The van der Waals surface area contributed by atoms with Crippen molar-refractivity contribution in [2.24, 2.45) is 0 Å². The second-order valence-corrected chi connectivity index (χ2v) is 9.60. The number of carbonyl (C=O) groups is 2. The molecule has 0 aromatic heterocycles. The van der Waals surface area contributed by atoms with Crippen LogP contribution in [0.5, 0.6) is 5.75 Å². The number of methoxy groups -OCH3 is 1. The van der Waals surface area contributed by atoms with E-state index in [0.717, 1.165) is 21.7 Å². The first-order valence-electron chi connectivity index (χ1n) is 10.9. The molecule has 1 unspecified atom stereocenters. The second kappa shape index (κ2) is 11.7. The van der Waals surface area contributed by atoms with Gasteiger partial charge in [0.2, 0.25) is 21.8 Å².